The van der Waals surface area contributed by atoms with Crippen LogP contribution in [0.5, 0.6) is 0 Å². The lowest BCUT2D eigenvalue weighted by Gasteiger charge is -2.37. The zero-order valence-corrected chi connectivity index (χ0v) is 20.9. The van der Waals surface area contributed by atoms with Gasteiger partial charge in [0, 0.05) is 24.5 Å². The van der Waals surface area contributed by atoms with E-state index >= 15 is 0 Å². The van der Waals surface area contributed by atoms with E-state index in [2.05, 4.69) is 10.3 Å². The summed E-state index contributed by atoms with van der Waals surface area (Å²) in [7, 11) is 0. The summed E-state index contributed by atoms with van der Waals surface area (Å²) >= 11 is 5.94. The van der Waals surface area contributed by atoms with E-state index in [1.54, 1.807) is 5.32 Å². The summed E-state index contributed by atoms with van der Waals surface area (Å²) in [6.45, 7) is 8.42. The van der Waals surface area contributed by atoms with Gasteiger partial charge in [0.2, 0.25) is 11.8 Å². The molecule has 4 atom stereocenters. The maximum absolute atomic E-state index is 13.5. The molecular formula is C23H29ClF3N5O3. The van der Waals surface area contributed by atoms with Crippen molar-refractivity contribution in [1.29, 1.82) is 5.26 Å². The molecule has 1 fully saturated rings. The largest absolute Gasteiger partial charge is 0.471 e. The van der Waals surface area contributed by atoms with Crippen LogP contribution in [0.1, 0.15) is 52.6 Å². The summed E-state index contributed by atoms with van der Waals surface area (Å²) in [5.41, 5.74) is -0.730. The van der Waals surface area contributed by atoms with Gasteiger partial charge in [0.05, 0.1) is 11.1 Å². The molecule has 192 valence electrons. The Morgan fingerprint density at radius 3 is 2.31 bits per heavy atom. The first-order chi connectivity index (χ1) is 16.1. The van der Waals surface area contributed by atoms with Gasteiger partial charge in [-0.15, -0.1) is 0 Å². The first-order valence-electron chi connectivity index (χ1n) is 11.1. The van der Waals surface area contributed by atoms with E-state index in [0.29, 0.717) is 12.0 Å². The van der Waals surface area contributed by atoms with Crippen molar-refractivity contribution in [3.8, 4) is 6.07 Å². The number of rotatable bonds is 6. The van der Waals surface area contributed by atoms with Gasteiger partial charge in [0.1, 0.15) is 18.1 Å². The Morgan fingerprint density at radius 1 is 1.20 bits per heavy atom. The summed E-state index contributed by atoms with van der Waals surface area (Å²) in [4.78, 5) is 43.6. The number of likely N-dealkylation sites (tertiary alicyclic amines) is 1. The third kappa shape index (κ3) is 6.84. The zero-order chi connectivity index (χ0) is 26.7. The minimum absolute atomic E-state index is 0.0465. The van der Waals surface area contributed by atoms with E-state index in [1.807, 2.05) is 19.9 Å². The molecule has 0 aliphatic carbocycles. The maximum atomic E-state index is 13.5. The minimum atomic E-state index is -5.17. The van der Waals surface area contributed by atoms with Gasteiger partial charge in [0.15, 0.2) is 0 Å². The SMILES string of the molecule is CC(C)[C@H]1CCN(C(=O)[C@@H](NC(=O)C(F)(F)F)C(C)(C)C)[C@@H]1C(=O)NC(C#N)c1cncc(Cl)c1. The van der Waals surface area contributed by atoms with Crippen LogP contribution >= 0.6 is 11.6 Å². The molecule has 2 N–H and O–H groups in total. The molecule has 12 heteroatoms. The van der Waals surface area contributed by atoms with Gasteiger partial charge in [0.25, 0.3) is 0 Å². The molecule has 0 saturated carbocycles. The van der Waals surface area contributed by atoms with Crippen LogP contribution in [-0.4, -0.2) is 52.4 Å². The van der Waals surface area contributed by atoms with E-state index in [1.165, 1.54) is 44.1 Å². The predicted octanol–water partition coefficient (Wildman–Crippen LogP) is 3.38. The van der Waals surface area contributed by atoms with Crippen LogP contribution in [0.15, 0.2) is 18.5 Å². The second-order valence-electron chi connectivity index (χ2n) is 9.95. The Hall–Kier alpha value is -2.87. The number of aromatic nitrogens is 1. The molecule has 1 aromatic rings. The van der Waals surface area contributed by atoms with Gasteiger partial charge < -0.3 is 15.5 Å². The molecule has 3 amide bonds. The van der Waals surface area contributed by atoms with Crippen molar-refractivity contribution in [2.45, 2.75) is 65.3 Å². The second-order valence-corrected chi connectivity index (χ2v) is 10.4. The van der Waals surface area contributed by atoms with Gasteiger partial charge in [-0.05, 0) is 29.7 Å². The zero-order valence-electron chi connectivity index (χ0n) is 20.1. The Balaban J connectivity index is 2.37. The summed E-state index contributed by atoms with van der Waals surface area (Å²) in [5.74, 6) is -4.01. The van der Waals surface area contributed by atoms with Crippen LogP contribution in [0.25, 0.3) is 0 Å². The molecule has 0 radical (unpaired) electrons. The number of halogens is 4. The van der Waals surface area contributed by atoms with Crippen molar-refractivity contribution in [1.82, 2.24) is 20.5 Å². The van der Waals surface area contributed by atoms with Crippen molar-refractivity contribution < 1.29 is 27.6 Å². The quantitative estimate of drug-likeness (QED) is 0.602. The molecular weight excluding hydrogens is 487 g/mol. The normalized spacial score (nSPS) is 20.2. The molecule has 1 aromatic heterocycles. The number of alkyl halides is 3. The van der Waals surface area contributed by atoms with Crippen molar-refractivity contribution in [3.63, 3.8) is 0 Å². The molecule has 2 rings (SSSR count). The lowest BCUT2D eigenvalue weighted by molar-refractivity contribution is -0.176. The van der Waals surface area contributed by atoms with Crippen LogP contribution < -0.4 is 10.6 Å². The fraction of sp³-hybridized carbons (Fsp3) is 0.609. The van der Waals surface area contributed by atoms with Crippen LogP contribution in [0.2, 0.25) is 5.02 Å². The molecule has 8 nitrogen and oxygen atoms in total. The van der Waals surface area contributed by atoms with Gasteiger partial charge in [-0.25, -0.2) is 0 Å². The van der Waals surface area contributed by atoms with E-state index in [9.17, 15) is 32.8 Å². The predicted molar refractivity (Wildman–Crippen MR) is 122 cm³/mol. The number of pyridine rings is 1. The molecule has 1 unspecified atom stereocenters. The second kappa shape index (κ2) is 10.8. The van der Waals surface area contributed by atoms with Gasteiger partial charge in [-0.2, -0.15) is 18.4 Å². The molecule has 0 aromatic carbocycles. The van der Waals surface area contributed by atoms with E-state index in [-0.39, 0.29) is 23.4 Å². The van der Waals surface area contributed by atoms with E-state index in [0.717, 1.165) is 0 Å². The number of nitrogens with zero attached hydrogens (tertiary/aromatic N) is 3. The molecule has 1 aliphatic heterocycles. The lowest BCUT2D eigenvalue weighted by atomic mass is 9.84. The third-order valence-electron chi connectivity index (χ3n) is 5.97. The van der Waals surface area contributed by atoms with Crippen LogP contribution in [0, 0.1) is 28.6 Å². The third-order valence-corrected chi connectivity index (χ3v) is 6.18. The highest BCUT2D eigenvalue weighted by molar-refractivity contribution is 6.30. The molecule has 35 heavy (non-hydrogen) atoms. The number of amides is 3. The van der Waals surface area contributed by atoms with Gasteiger partial charge >= 0.3 is 12.1 Å². The van der Waals surface area contributed by atoms with Crippen molar-refractivity contribution in [2.24, 2.45) is 17.3 Å². The molecule has 1 saturated heterocycles. The van der Waals surface area contributed by atoms with Gasteiger partial charge in [-0.3, -0.25) is 19.4 Å². The molecule has 0 bridgehead atoms. The average molecular weight is 516 g/mol. The number of nitriles is 1. The Bertz CT molecular complexity index is 1000. The smallest absolute Gasteiger partial charge is 0.336 e. The lowest BCUT2D eigenvalue weighted by Crippen LogP contribution is -2.60. The average Bonchev–Trinajstić information content (AvgIpc) is 3.19. The van der Waals surface area contributed by atoms with Crippen molar-refractivity contribution in [3.05, 3.63) is 29.0 Å². The standard InChI is InChI=1S/C23H29ClF3N5O3/c1-12(2)15-6-7-32(20(34)18(22(3,4)5)31-21(35)23(25,26)27)17(15)19(33)30-16(9-28)13-8-14(24)11-29-10-13/h8,10-12,15-18H,6-7H2,1-5H3,(H,30,33)(H,31,35)/t15-,16?,17+,18-/m1/s1. The Kier molecular flexibility index (Phi) is 8.76. The molecule has 1 aliphatic rings. The van der Waals surface area contributed by atoms with Crippen molar-refractivity contribution in [2.75, 3.05) is 6.54 Å². The van der Waals surface area contributed by atoms with Crippen molar-refractivity contribution >= 4 is 29.3 Å². The van der Waals surface area contributed by atoms with E-state index in [4.69, 9.17) is 11.6 Å². The Labute approximate surface area is 207 Å². The molecule has 0 spiro atoms. The monoisotopic (exact) mass is 515 g/mol. The highest BCUT2D eigenvalue weighted by Crippen LogP contribution is 2.34. The summed E-state index contributed by atoms with van der Waals surface area (Å²) in [6, 6.07) is -0.242. The first kappa shape index (κ1) is 28.4. The minimum Gasteiger partial charge on any atom is -0.336 e. The maximum Gasteiger partial charge on any atom is 0.471 e. The Morgan fingerprint density at radius 2 is 1.83 bits per heavy atom. The summed E-state index contributed by atoms with van der Waals surface area (Å²) < 4.78 is 38.8. The number of hydrogen-bond acceptors (Lipinski definition) is 5. The fourth-order valence-electron chi connectivity index (χ4n) is 4.13. The number of hydrogen-bond donors (Lipinski definition) is 2. The van der Waals surface area contributed by atoms with Crippen LogP contribution in [-0.2, 0) is 14.4 Å². The highest BCUT2D eigenvalue weighted by atomic mass is 35.5. The summed E-state index contributed by atoms with van der Waals surface area (Å²) in [5, 5.41) is 14.3. The van der Waals surface area contributed by atoms with Crippen LogP contribution in [0.4, 0.5) is 13.2 Å². The highest BCUT2D eigenvalue weighted by Gasteiger charge is 2.49. The fourth-order valence-corrected chi connectivity index (χ4v) is 4.31. The first-order valence-corrected chi connectivity index (χ1v) is 11.4. The number of nitrogens with one attached hydrogen (secondary N) is 2. The topological polar surface area (TPSA) is 115 Å². The summed E-state index contributed by atoms with van der Waals surface area (Å²) in [6.07, 6.45) is -1.99. The number of carbonyl (C=O) groups excluding carboxylic acids is 3. The van der Waals surface area contributed by atoms with E-state index < -0.39 is 47.4 Å². The molecule has 2 heterocycles. The van der Waals surface area contributed by atoms with Gasteiger partial charge in [-0.1, -0.05) is 46.2 Å². The van der Waals surface area contributed by atoms with Crippen LogP contribution in [0.3, 0.4) is 0 Å². The number of carbonyl (C=O) groups is 3.